The molecule has 113 valence electrons. The van der Waals surface area contributed by atoms with Crippen LogP contribution in [0.25, 0.3) is 0 Å². The van der Waals surface area contributed by atoms with Gasteiger partial charge in [0.1, 0.15) is 8.80 Å². The maximum Gasteiger partial charge on any atom is 0.101 e. The van der Waals surface area contributed by atoms with E-state index < -0.39 is 8.80 Å². The largest absolute Gasteiger partial charge is 0.312 e. The summed E-state index contributed by atoms with van der Waals surface area (Å²) in [6.07, 6.45) is 4.24. The Labute approximate surface area is 127 Å². The predicted molar refractivity (Wildman–Crippen MR) is 91.3 cm³/mol. The molecule has 0 amide bonds. The average Bonchev–Trinajstić information content (AvgIpc) is 2.53. The van der Waals surface area contributed by atoms with E-state index >= 15 is 0 Å². The van der Waals surface area contributed by atoms with E-state index in [-0.39, 0.29) is 5.54 Å². The van der Waals surface area contributed by atoms with Crippen molar-refractivity contribution in [2.45, 2.75) is 85.0 Å². The van der Waals surface area contributed by atoms with Crippen LogP contribution < -0.4 is 5.32 Å². The van der Waals surface area contributed by atoms with Gasteiger partial charge in [-0.25, -0.2) is 0 Å². The van der Waals surface area contributed by atoms with Crippen molar-refractivity contribution >= 4 is 8.80 Å². The molecule has 2 unspecified atom stereocenters. The van der Waals surface area contributed by atoms with Gasteiger partial charge in [0.05, 0.1) is 0 Å². The van der Waals surface area contributed by atoms with Gasteiger partial charge < -0.3 is 5.32 Å². The minimum atomic E-state index is -0.432. The number of allylic oxidation sites excluding steroid dienone is 4. The lowest BCUT2D eigenvalue weighted by atomic mass is 10.1. The van der Waals surface area contributed by atoms with E-state index in [0.29, 0.717) is 5.92 Å². The zero-order valence-electron chi connectivity index (χ0n) is 14.5. The van der Waals surface area contributed by atoms with Gasteiger partial charge in [0.2, 0.25) is 0 Å². The van der Waals surface area contributed by atoms with Crippen LogP contribution in [0.4, 0.5) is 0 Å². The highest BCUT2D eigenvalue weighted by Gasteiger charge is 2.37. The van der Waals surface area contributed by atoms with Crippen molar-refractivity contribution in [1.82, 2.24) is 5.32 Å². The number of nitrogens with one attached hydrogen (secondary N) is 1. The Morgan fingerprint density at radius 3 is 2.20 bits per heavy atom. The van der Waals surface area contributed by atoms with Crippen LogP contribution >= 0.6 is 0 Å². The van der Waals surface area contributed by atoms with E-state index in [1.54, 1.807) is 16.7 Å². The van der Waals surface area contributed by atoms with E-state index in [1.165, 1.54) is 25.3 Å². The number of hydrogen-bond donors (Lipinski definition) is 1. The molecule has 1 aliphatic heterocycles. The fourth-order valence-electron chi connectivity index (χ4n) is 3.90. The van der Waals surface area contributed by atoms with Crippen LogP contribution in [-0.2, 0) is 0 Å². The second-order valence-electron chi connectivity index (χ2n) is 7.79. The zero-order chi connectivity index (χ0) is 15.1. The van der Waals surface area contributed by atoms with Crippen LogP contribution in [0.5, 0.6) is 0 Å². The van der Waals surface area contributed by atoms with Gasteiger partial charge in [-0.2, -0.15) is 0 Å². The molecule has 1 aliphatic carbocycles. The van der Waals surface area contributed by atoms with Gasteiger partial charge in [-0.05, 0) is 59.5 Å². The molecule has 1 radical (unpaired) electrons. The standard InChI is InChI=1S/C18H32NSi/c1-12-13(2)15(4)17(14(12)3)20-11-9-8-10-16(20)19-18(5,6)7/h14,16,19H,8-11H2,1-7H3. The van der Waals surface area contributed by atoms with Crippen LogP contribution in [-0.4, -0.2) is 20.0 Å². The summed E-state index contributed by atoms with van der Waals surface area (Å²) in [5.41, 5.74) is 5.83. The summed E-state index contributed by atoms with van der Waals surface area (Å²) < 4.78 is 0. The molecule has 0 aromatic carbocycles. The Morgan fingerprint density at radius 2 is 1.70 bits per heavy atom. The molecule has 2 heteroatoms. The Kier molecular flexibility index (Phi) is 4.65. The van der Waals surface area contributed by atoms with Crippen molar-refractivity contribution in [2.24, 2.45) is 5.92 Å². The molecule has 0 aromatic rings. The molecule has 1 nitrogen and oxygen atoms in total. The minimum Gasteiger partial charge on any atom is -0.312 e. The molecular weight excluding hydrogens is 258 g/mol. The van der Waals surface area contributed by atoms with Gasteiger partial charge in [-0.1, -0.05) is 42.2 Å². The van der Waals surface area contributed by atoms with Crippen LogP contribution in [0.1, 0.15) is 67.7 Å². The third-order valence-electron chi connectivity index (χ3n) is 5.20. The van der Waals surface area contributed by atoms with Crippen molar-refractivity contribution in [1.29, 1.82) is 0 Å². The molecule has 2 atom stereocenters. The molecule has 1 fully saturated rings. The Hall–Kier alpha value is -0.343. The normalized spacial score (nSPS) is 29.6. The van der Waals surface area contributed by atoms with Gasteiger partial charge in [0, 0.05) is 11.2 Å². The lowest BCUT2D eigenvalue weighted by Crippen LogP contribution is -2.54. The molecule has 0 bridgehead atoms. The third-order valence-corrected chi connectivity index (χ3v) is 8.87. The third kappa shape index (κ3) is 3.12. The molecule has 0 spiro atoms. The summed E-state index contributed by atoms with van der Waals surface area (Å²) in [4.78, 5) is 0. The molecular formula is C18H32NSi. The van der Waals surface area contributed by atoms with Crippen molar-refractivity contribution in [3.63, 3.8) is 0 Å². The second-order valence-corrected chi connectivity index (χ2v) is 10.6. The molecule has 1 N–H and O–H groups in total. The van der Waals surface area contributed by atoms with Crippen LogP contribution in [0, 0.1) is 5.92 Å². The van der Waals surface area contributed by atoms with Crippen molar-refractivity contribution < 1.29 is 0 Å². The number of rotatable bonds is 2. The smallest absolute Gasteiger partial charge is 0.101 e. The first kappa shape index (κ1) is 16.0. The summed E-state index contributed by atoms with van der Waals surface area (Å²) in [6, 6.07) is 1.47. The van der Waals surface area contributed by atoms with E-state index in [9.17, 15) is 0 Å². The van der Waals surface area contributed by atoms with Crippen molar-refractivity contribution in [2.75, 3.05) is 0 Å². The van der Waals surface area contributed by atoms with Crippen molar-refractivity contribution in [3.8, 4) is 0 Å². The highest BCUT2D eigenvalue weighted by atomic mass is 28.3. The topological polar surface area (TPSA) is 12.0 Å². The Bertz CT molecular complexity index is 439. The lowest BCUT2D eigenvalue weighted by molar-refractivity contribution is 0.382. The fourth-order valence-corrected chi connectivity index (χ4v) is 8.13. The van der Waals surface area contributed by atoms with Gasteiger partial charge >= 0.3 is 0 Å². The average molecular weight is 291 g/mol. The molecule has 20 heavy (non-hydrogen) atoms. The van der Waals surface area contributed by atoms with Crippen LogP contribution in [0.3, 0.4) is 0 Å². The van der Waals surface area contributed by atoms with E-state index in [2.05, 4.69) is 53.8 Å². The monoisotopic (exact) mass is 290 g/mol. The van der Waals surface area contributed by atoms with Crippen LogP contribution in [0.2, 0.25) is 6.04 Å². The maximum atomic E-state index is 3.95. The predicted octanol–water partition coefficient (Wildman–Crippen LogP) is 4.80. The molecule has 1 saturated heterocycles. The van der Waals surface area contributed by atoms with E-state index in [0.717, 1.165) is 5.67 Å². The first-order valence-electron chi connectivity index (χ1n) is 8.24. The quantitative estimate of drug-likeness (QED) is 0.720. The molecule has 2 aliphatic rings. The van der Waals surface area contributed by atoms with Gasteiger partial charge in [-0.15, -0.1) is 0 Å². The second kappa shape index (κ2) is 5.80. The van der Waals surface area contributed by atoms with E-state index in [4.69, 9.17) is 0 Å². The SMILES string of the molecule is CC1=C(C)C(C)C([Si]2CCCCC2NC(C)(C)C)=C1C. The first-order valence-corrected chi connectivity index (χ1v) is 10.0. The summed E-state index contributed by atoms with van der Waals surface area (Å²) in [6.45, 7) is 16.4. The summed E-state index contributed by atoms with van der Waals surface area (Å²) in [7, 11) is -0.432. The van der Waals surface area contributed by atoms with Gasteiger partial charge in [0.25, 0.3) is 0 Å². The highest BCUT2D eigenvalue weighted by molar-refractivity contribution is 6.69. The van der Waals surface area contributed by atoms with Crippen LogP contribution in [0.15, 0.2) is 21.9 Å². The van der Waals surface area contributed by atoms with Gasteiger partial charge in [-0.3, -0.25) is 0 Å². The summed E-state index contributed by atoms with van der Waals surface area (Å²) in [5.74, 6) is 0.700. The summed E-state index contributed by atoms with van der Waals surface area (Å²) >= 11 is 0. The molecule has 1 heterocycles. The Morgan fingerprint density at radius 1 is 1.05 bits per heavy atom. The lowest BCUT2D eigenvalue weighted by Gasteiger charge is -2.38. The zero-order valence-corrected chi connectivity index (χ0v) is 15.5. The Balaban J connectivity index is 2.26. The minimum absolute atomic E-state index is 0.242. The van der Waals surface area contributed by atoms with Gasteiger partial charge in [0.15, 0.2) is 0 Å². The molecule has 0 saturated carbocycles. The number of hydrogen-bond acceptors (Lipinski definition) is 1. The first-order chi connectivity index (χ1) is 9.22. The van der Waals surface area contributed by atoms with Crippen molar-refractivity contribution in [3.05, 3.63) is 21.9 Å². The van der Waals surface area contributed by atoms with E-state index in [1.807, 2.05) is 5.20 Å². The molecule has 0 aromatic heterocycles. The summed E-state index contributed by atoms with van der Waals surface area (Å²) in [5, 5.41) is 5.79. The molecule has 2 rings (SSSR count). The maximum absolute atomic E-state index is 3.95. The highest BCUT2D eigenvalue weighted by Crippen LogP contribution is 2.41. The fraction of sp³-hybridized carbons (Fsp3) is 0.778.